The second-order valence-electron chi connectivity index (χ2n) is 3.76. The second-order valence-corrected chi connectivity index (χ2v) is 3.76. The molecule has 1 fully saturated rings. The molecule has 1 aliphatic carbocycles. The summed E-state index contributed by atoms with van der Waals surface area (Å²) in [6.07, 6.45) is 4.64. The minimum atomic E-state index is -0.310. The van der Waals surface area contributed by atoms with Crippen molar-refractivity contribution in [3.8, 4) is 0 Å². The molecule has 0 unspecified atom stereocenters. The largest absolute Gasteiger partial charge is 0.366 e. The molecular formula is C10H15FN4. The lowest BCUT2D eigenvalue weighted by molar-refractivity contribution is 0.393. The van der Waals surface area contributed by atoms with Gasteiger partial charge in [0.05, 0.1) is 5.69 Å². The number of hydrogen-bond donors (Lipinski definition) is 2. The minimum absolute atomic E-state index is 0.275. The summed E-state index contributed by atoms with van der Waals surface area (Å²) in [6.45, 7) is 0.986. The van der Waals surface area contributed by atoms with E-state index < -0.39 is 0 Å². The van der Waals surface area contributed by atoms with Crippen molar-refractivity contribution in [2.75, 3.05) is 18.4 Å². The van der Waals surface area contributed by atoms with Crippen LogP contribution in [0.1, 0.15) is 30.9 Å². The van der Waals surface area contributed by atoms with E-state index in [4.69, 9.17) is 5.73 Å². The molecule has 82 valence electrons. The van der Waals surface area contributed by atoms with E-state index in [2.05, 4.69) is 15.3 Å². The van der Waals surface area contributed by atoms with Crippen molar-refractivity contribution < 1.29 is 4.39 Å². The Hall–Kier alpha value is -1.23. The maximum Gasteiger partial charge on any atom is 0.187 e. The lowest BCUT2D eigenvalue weighted by Gasteiger charge is -2.25. The van der Waals surface area contributed by atoms with Gasteiger partial charge in [-0.2, -0.15) is 0 Å². The van der Waals surface area contributed by atoms with Crippen LogP contribution in [-0.4, -0.2) is 23.1 Å². The van der Waals surface area contributed by atoms with Gasteiger partial charge in [0, 0.05) is 19.0 Å². The van der Waals surface area contributed by atoms with Crippen molar-refractivity contribution in [2.45, 2.75) is 25.2 Å². The summed E-state index contributed by atoms with van der Waals surface area (Å²) in [7, 11) is 0. The van der Waals surface area contributed by atoms with Gasteiger partial charge in [0.25, 0.3) is 0 Å². The minimum Gasteiger partial charge on any atom is -0.366 e. The summed E-state index contributed by atoms with van der Waals surface area (Å²) in [5.74, 6) is 0.249. The second kappa shape index (κ2) is 4.53. The molecule has 5 heteroatoms. The zero-order valence-corrected chi connectivity index (χ0v) is 8.54. The summed E-state index contributed by atoms with van der Waals surface area (Å²) in [5, 5.41) is 2.85. The average Bonchev–Trinajstić information content (AvgIpc) is 2.17. The standard InChI is InChI=1S/C10H15FN4/c11-8-9(7-2-1-3-7)14-6-15-10(8)13-5-4-12/h6-7H,1-5,12H2,(H,13,14,15). The van der Waals surface area contributed by atoms with Crippen LogP contribution in [0.4, 0.5) is 10.2 Å². The predicted molar refractivity (Wildman–Crippen MR) is 56.1 cm³/mol. The number of aromatic nitrogens is 2. The Morgan fingerprint density at radius 3 is 2.87 bits per heavy atom. The molecule has 1 saturated carbocycles. The van der Waals surface area contributed by atoms with Crippen LogP contribution in [0.25, 0.3) is 0 Å². The maximum atomic E-state index is 13.8. The Bertz CT molecular complexity index is 338. The van der Waals surface area contributed by atoms with E-state index in [0.29, 0.717) is 18.8 Å². The van der Waals surface area contributed by atoms with E-state index in [1.165, 1.54) is 12.7 Å². The Labute approximate surface area is 88.1 Å². The quantitative estimate of drug-likeness (QED) is 0.785. The highest BCUT2D eigenvalue weighted by Gasteiger charge is 2.25. The predicted octanol–water partition coefficient (Wildman–Crippen LogP) is 1.25. The van der Waals surface area contributed by atoms with Gasteiger partial charge in [0.2, 0.25) is 0 Å². The van der Waals surface area contributed by atoms with E-state index in [9.17, 15) is 4.39 Å². The molecule has 0 radical (unpaired) electrons. The van der Waals surface area contributed by atoms with Gasteiger partial charge in [-0.3, -0.25) is 0 Å². The summed E-state index contributed by atoms with van der Waals surface area (Å²) < 4.78 is 13.8. The Balaban J connectivity index is 2.16. The van der Waals surface area contributed by atoms with Gasteiger partial charge in [0.15, 0.2) is 11.6 Å². The topological polar surface area (TPSA) is 63.8 Å². The Morgan fingerprint density at radius 2 is 2.27 bits per heavy atom. The van der Waals surface area contributed by atoms with Crippen molar-refractivity contribution in [1.82, 2.24) is 9.97 Å². The molecule has 15 heavy (non-hydrogen) atoms. The SMILES string of the molecule is NCCNc1ncnc(C2CCC2)c1F. The third-order valence-corrected chi connectivity index (χ3v) is 2.75. The summed E-state index contributed by atoms with van der Waals surface area (Å²) in [5.41, 5.74) is 5.88. The van der Waals surface area contributed by atoms with Crippen molar-refractivity contribution in [1.29, 1.82) is 0 Å². The van der Waals surface area contributed by atoms with Crippen LogP contribution in [0.15, 0.2) is 6.33 Å². The van der Waals surface area contributed by atoms with Crippen LogP contribution in [0.2, 0.25) is 0 Å². The molecule has 0 spiro atoms. The van der Waals surface area contributed by atoms with Gasteiger partial charge < -0.3 is 11.1 Å². The first-order valence-electron chi connectivity index (χ1n) is 5.27. The van der Waals surface area contributed by atoms with Crippen molar-refractivity contribution in [2.24, 2.45) is 5.73 Å². The van der Waals surface area contributed by atoms with Crippen LogP contribution >= 0.6 is 0 Å². The Morgan fingerprint density at radius 1 is 1.47 bits per heavy atom. The molecule has 1 aliphatic rings. The van der Waals surface area contributed by atoms with Crippen molar-refractivity contribution >= 4 is 5.82 Å². The molecule has 1 aromatic heterocycles. The highest BCUT2D eigenvalue weighted by Crippen LogP contribution is 2.37. The molecule has 0 amide bonds. The zero-order valence-electron chi connectivity index (χ0n) is 8.54. The first-order chi connectivity index (χ1) is 7.33. The smallest absolute Gasteiger partial charge is 0.187 e. The summed E-state index contributed by atoms with van der Waals surface area (Å²) >= 11 is 0. The highest BCUT2D eigenvalue weighted by molar-refractivity contribution is 5.38. The zero-order chi connectivity index (χ0) is 10.7. The normalized spacial score (nSPS) is 16.1. The molecule has 0 bridgehead atoms. The van der Waals surface area contributed by atoms with Crippen molar-refractivity contribution in [3.63, 3.8) is 0 Å². The molecule has 3 N–H and O–H groups in total. The molecule has 4 nitrogen and oxygen atoms in total. The Kier molecular flexibility index (Phi) is 3.11. The molecule has 0 saturated heterocycles. The number of nitrogens with one attached hydrogen (secondary N) is 1. The molecule has 1 aromatic rings. The van der Waals surface area contributed by atoms with Crippen LogP contribution in [0.5, 0.6) is 0 Å². The summed E-state index contributed by atoms with van der Waals surface area (Å²) in [4.78, 5) is 7.88. The van der Waals surface area contributed by atoms with Gasteiger partial charge in [-0.1, -0.05) is 6.42 Å². The number of halogens is 1. The monoisotopic (exact) mass is 210 g/mol. The molecule has 0 aliphatic heterocycles. The lowest BCUT2D eigenvalue weighted by atomic mass is 9.82. The number of hydrogen-bond acceptors (Lipinski definition) is 4. The number of rotatable bonds is 4. The first-order valence-corrected chi connectivity index (χ1v) is 5.27. The van der Waals surface area contributed by atoms with Crippen molar-refractivity contribution in [3.05, 3.63) is 17.8 Å². The van der Waals surface area contributed by atoms with Gasteiger partial charge in [-0.25, -0.2) is 14.4 Å². The molecular weight excluding hydrogens is 195 g/mol. The van der Waals surface area contributed by atoms with Crippen LogP contribution in [0.3, 0.4) is 0 Å². The molecule has 2 rings (SSSR count). The van der Waals surface area contributed by atoms with E-state index in [-0.39, 0.29) is 17.6 Å². The fourth-order valence-electron chi connectivity index (χ4n) is 1.66. The highest BCUT2D eigenvalue weighted by atomic mass is 19.1. The fourth-order valence-corrected chi connectivity index (χ4v) is 1.66. The molecule has 0 aromatic carbocycles. The van der Waals surface area contributed by atoms with Crippen LogP contribution in [-0.2, 0) is 0 Å². The van der Waals surface area contributed by atoms with Gasteiger partial charge in [0.1, 0.15) is 6.33 Å². The number of nitrogens with two attached hydrogens (primary N) is 1. The van der Waals surface area contributed by atoms with E-state index >= 15 is 0 Å². The molecule has 0 atom stereocenters. The third kappa shape index (κ3) is 2.07. The van der Waals surface area contributed by atoms with E-state index in [1.54, 1.807) is 0 Å². The van der Waals surface area contributed by atoms with E-state index in [0.717, 1.165) is 12.8 Å². The third-order valence-electron chi connectivity index (χ3n) is 2.75. The average molecular weight is 210 g/mol. The lowest BCUT2D eigenvalue weighted by Crippen LogP contribution is -2.18. The molecule has 1 heterocycles. The van der Waals surface area contributed by atoms with E-state index in [1.807, 2.05) is 0 Å². The van der Waals surface area contributed by atoms with Gasteiger partial charge >= 0.3 is 0 Å². The fraction of sp³-hybridized carbons (Fsp3) is 0.600. The van der Waals surface area contributed by atoms with Crippen LogP contribution in [0, 0.1) is 5.82 Å². The maximum absolute atomic E-state index is 13.8. The summed E-state index contributed by atoms with van der Waals surface area (Å²) in [6, 6.07) is 0. The van der Waals surface area contributed by atoms with Gasteiger partial charge in [-0.15, -0.1) is 0 Å². The first kappa shape index (κ1) is 10.3. The van der Waals surface area contributed by atoms with Gasteiger partial charge in [-0.05, 0) is 12.8 Å². The number of anilines is 1. The number of nitrogens with zero attached hydrogens (tertiary/aromatic N) is 2. The van der Waals surface area contributed by atoms with Crippen LogP contribution < -0.4 is 11.1 Å².